The first-order chi connectivity index (χ1) is 11.5. The van der Waals surface area contributed by atoms with Gasteiger partial charge in [0.15, 0.2) is 6.61 Å². The molecule has 1 aliphatic carbocycles. The lowest BCUT2D eigenvalue weighted by molar-refractivity contribution is -0.125. The van der Waals surface area contributed by atoms with Crippen molar-refractivity contribution in [3.8, 4) is 5.75 Å². The Bertz CT molecular complexity index is 507. The SMILES string of the molecule is CC(C)c1ccc(OCC(=O)NCC2(OCCO)CCCC2)cc1. The molecular weight excluding hydrogens is 306 g/mol. The molecule has 1 fully saturated rings. The first-order valence-electron chi connectivity index (χ1n) is 8.79. The van der Waals surface area contributed by atoms with Crippen LogP contribution in [-0.2, 0) is 9.53 Å². The maximum absolute atomic E-state index is 12.0. The number of hydrogen-bond donors (Lipinski definition) is 2. The Morgan fingerprint density at radius 3 is 2.50 bits per heavy atom. The van der Waals surface area contributed by atoms with Crippen molar-refractivity contribution in [2.45, 2.75) is 51.0 Å². The summed E-state index contributed by atoms with van der Waals surface area (Å²) in [7, 11) is 0. The molecule has 2 rings (SSSR count). The quantitative estimate of drug-likeness (QED) is 0.728. The van der Waals surface area contributed by atoms with E-state index < -0.39 is 0 Å². The van der Waals surface area contributed by atoms with Gasteiger partial charge in [0.1, 0.15) is 5.75 Å². The van der Waals surface area contributed by atoms with E-state index in [1.165, 1.54) is 5.56 Å². The average Bonchev–Trinajstić information content (AvgIpc) is 3.06. The van der Waals surface area contributed by atoms with Gasteiger partial charge in [-0.3, -0.25) is 4.79 Å². The molecule has 0 aromatic heterocycles. The van der Waals surface area contributed by atoms with E-state index >= 15 is 0 Å². The van der Waals surface area contributed by atoms with Crippen LogP contribution in [0.3, 0.4) is 0 Å². The second kappa shape index (κ2) is 9.04. The Hall–Kier alpha value is -1.59. The lowest BCUT2D eigenvalue weighted by Crippen LogP contribution is -2.44. The monoisotopic (exact) mass is 335 g/mol. The molecular formula is C19H29NO4. The van der Waals surface area contributed by atoms with Crippen LogP contribution in [0.4, 0.5) is 0 Å². The Morgan fingerprint density at radius 2 is 1.92 bits per heavy atom. The molecule has 0 spiro atoms. The summed E-state index contributed by atoms with van der Waals surface area (Å²) in [5, 5.41) is 11.9. The number of aliphatic hydroxyl groups excluding tert-OH is 1. The van der Waals surface area contributed by atoms with Crippen LogP contribution in [0.5, 0.6) is 5.75 Å². The van der Waals surface area contributed by atoms with Gasteiger partial charge in [0.2, 0.25) is 0 Å². The van der Waals surface area contributed by atoms with Crippen LogP contribution >= 0.6 is 0 Å². The van der Waals surface area contributed by atoms with Crippen LogP contribution in [0.2, 0.25) is 0 Å². The maximum Gasteiger partial charge on any atom is 0.258 e. The van der Waals surface area contributed by atoms with Crippen LogP contribution < -0.4 is 10.1 Å². The third kappa shape index (κ3) is 5.49. The van der Waals surface area contributed by atoms with E-state index in [4.69, 9.17) is 14.6 Å². The Labute approximate surface area is 144 Å². The fraction of sp³-hybridized carbons (Fsp3) is 0.632. The second-order valence-electron chi connectivity index (χ2n) is 6.75. The molecule has 2 N–H and O–H groups in total. The molecule has 0 saturated heterocycles. The molecule has 5 heteroatoms. The van der Waals surface area contributed by atoms with Gasteiger partial charge in [-0.05, 0) is 36.5 Å². The van der Waals surface area contributed by atoms with E-state index in [9.17, 15) is 4.79 Å². The molecule has 1 aromatic rings. The molecule has 0 atom stereocenters. The molecule has 1 aliphatic rings. The first kappa shape index (κ1) is 18.7. The number of amides is 1. The van der Waals surface area contributed by atoms with Gasteiger partial charge in [-0.1, -0.05) is 38.8 Å². The molecule has 1 amide bonds. The van der Waals surface area contributed by atoms with Gasteiger partial charge < -0.3 is 19.9 Å². The minimum absolute atomic E-state index is 0.00287. The molecule has 1 aromatic carbocycles. The van der Waals surface area contributed by atoms with Crippen molar-refractivity contribution in [2.24, 2.45) is 0 Å². The van der Waals surface area contributed by atoms with Crippen molar-refractivity contribution in [2.75, 3.05) is 26.4 Å². The number of ether oxygens (including phenoxy) is 2. The van der Waals surface area contributed by atoms with Gasteiger partial charge in [-0.15, -0.1) is 0 Å². The van der Waals surface area contributed by atoms with Crippen LogP contribution in [0.15, 0.2) is 24.3 Å². The molecule has 0 radical (unpaired) electrons. The van der Waals surface area contributed by atoms with Crippen molar-refractivity contribution in [3.63, 3.8) is 0 Å². The molecule has 5 nitrogen and oxygen atoms in total. The van der Waals surface area contributed by atoms with E-state index in [2.05, 4.69) is 19.2 Å². The third-order valence-electron chi connectivity index (χ3n) is 4.54. The molecule has 134 valence electrons. The zero-order valence-electron chi connectivity index (χ0n) is 14.7. The molecule has 0 unspecified atom stereocenters. The summed E-state index contributed by atoms with van der Waals surface area (Å²) < 4.78 is 11.3. The highest BCUT2D eigenvalue weighted by Crippen LogP contribution is 2.32. The van der Waals surface area contributed by atoms with Crippen molar-refractivity contribution in [1.29, 1.82) is 0 Å². The number of aliphatic hydroxyl groups is 1. The third-order valence-corrected chi connectivity index (χ3v) is 4.54. The van der Waals surface area contributed by atoms with Gasteiger partial charge in [-0.25, -0.2) is 0 Å². The van der Waals surface area contributed by atoms with Gasteiger partial charge >= 0.3 is 0 Å². The summed E-state index contributed by atoms with van der Waals surface area (Å²) >= 11 is 0. The first-order valence-corrected chi connectivity index (χ1v) is 8.79. The lowest BCUT2D eigenvalue weighted by Gasteiger charge is -2.29. The highest BCUT2D eigenvalue weighted by Gasteiger charge is 2.35. The van der Waals surface area contributed by atoms with Crippen molar-refractivity contribution < 1.29 is 19.4 Å². The molecule has 0 bridgehead atoms. The summed E-state index contributed by atoms with van der Waals surface area (Å²) in [5.74, 6) is 1.02. The minimum atomic E-state index is -0.322. The summed E-state index contributed by atoms with van der Waals surface area (Å²) in [4.78, 5) is 12.0. The largest absolute Gasteiger partial charge is 0.484 e. The average molecular weight is 335 g/mol. The second-order valence-corrected chi connectivity index (χ2v) is 6.75. The van der Waals surface area contributed by atoms with Crippen LogP contribution in [0, 0.1) is 0 Å². The Kier molecular flexibility index (Phi) is 7.06. The Morgan fingerprint density at radius 1 is 1.25 bits per heavy atom. The number of carbonyl (C=O) groups is 1. The fourth-order valence-electron chi connectivity index (χ4n) is 3.06. The van der Waals surface area contributed by atoms with E-state index in [0.717, 1.165) is 25.7 Å². The van der Waals surface area contributed by atoms with Gasteiger partial charge in [0.25, 0.3) is 5.91 Å². The predicted molar refractivity (Wildman–Crippen MR) is 93.3 cm³/mol. The van der Waals surface area contributed by atoms with Gasteiger partial charge in [0, 0.05) is 6.54 Å². The van der Waals surface area contributed by atoms with E-state index in [1.54, 1.807) is 0 Å². The molecule has 1 saturated carbocycles. The number of rotatable bonds is 9. The van der Waals surface area contributed by atoms with Crippen LogP contribution in [-0.4, -0.2) is 43.0 Å². The van der Waals surface area contributed by atoms with Crippen LogP contribution in [0.25, 0.3) is 0 Å². The van der Waals surface area contributed by atoms with E-state index in [0.29, 0.717) is 24.8 Å². The van der Waals surface area contributed by atoms with Crippen molar-refractivity contribution in [1.82, 2.24) is 5.32 Å². The smallest absolute Gasteiger partial charge is 0.258 e. The summed E-state index contributed by atoms with van der Waals surface area (Å²) in [5.41, 5.74) is 0.924. The Balaban J connectivity index is 1.76. The van der Waals surface area contributed by atoms with Crippen molar-refractivity contribution >= 4 is 5.91 Å². The summed E-state index contributed by atoms with van der Waals surface area (Å²) in [6.45, 7) is 5.07. The van der Waals surface area contributed by atoms with Crippen molar-refractivity contribution in [3.05, 3.63) is 29.8 Å². The number of benzene rings is 1. The fourth-order valence-corrected chi connectivity index (χ4v) is 3.06. The lowest BCUT2D eigenvalue weighted by atomic mass is 10.0. The van der Waals surface area contributed by atoms with E-state index in [1.807, 2.05) is 24.3 Å². The zero-order valence-corrected chi connectivity index (χ0v) is 14.7. The standard InChI is InChI=1S/C19H29NO4/c1-15(2)16-5-7-17(8-6-16)23-13-18(22)20-14-19(24-12-11-21)9-3-4-10-19/h5-8,15,21H,3-4,9-14H2,1-2H3,(H,20,22). The van der Waals surface area contributed by atoms with Gasteiger partial charge in [0.05, 0.1) is 18.8 Å². The molecule has 0 heterocycles. The van der Waals surface area contributed by atoms with E-state index in [-0.39, 0.29) is 24.7 Å². The number of hydrogen-bond acceptors (Lipinski definition) is 4. The highest BCUT2D eigenvalue weighted by atomic mass is 16.5. The predicted octanol–water partition coefficient (Wildman–Crippen LogP) is 2.63. The molecule has 24 heavy (non-hydrogen) atoms. The minimum Gasteiger partial charge on any atom is -0.484 e. The normalized spacial score (nSPS) is 16.3. The number of nitrogens with one attached hydrogen (secondary N) is 1. The van der Waals surface area contributed by atoms with Gasteiger partial charge in [-0.2, -0.15) is 0 Å². The van der Waals surface area contributed by atoms with Crippen LogP contribution in [0.1, 0.15) is 51.0 Å². The summed E-state index contributed by atoms with van der Waals surface area (Å²) in [6.07, 6.45) is 4.04. The molecule has 0 aliphatic heterocycles. The number of carbonyl (C=O) groups excluding carboxylic acids is 1. The summed E-state index contributed by atoms with van der Waals surface area (Å²) in [6, 6.07) is 7.83. The zero-order chi connectivity index (χ0) is 17.4. The topological polar surface area (TPSA) is 67.8 Å². The highest BCUT2D eigenvalue weighted by molar-refractivity contribution is 5.77. The maximum atomic E-state index is 12.0.